The molecule has 0 saturated heterocycles. The summed E-state index contributed by atoms with van der Waals surface area (Å²) < 4.78 is 7.53. The summed E-state index contributed by atoms with van der Waals surface area (Å²) in [5, 5.41) is 10.9. The SMILES string of the molecule is CC(=O)c1cccc(OCc2nc3cc([N+](=O)[O-])ccc3n2C)c1. The van der Waals surface area contributed by atoms with Crippen LogP contribution in [0.2, 0.25) is 0 Å². The number of hydrogen-bond donors (Lipinski definition) is 0. The van der Waals surface area contributed by atoms with Gasteiger partial charge in [0.1, 0.15) is 18.2 Å². The maximum atomic E-state index is 11.4. The van der Waals surface area contributed by atoms with E-state index in [0.29, 0.717) is 22.7 Å². The zero-order valence-electron chi connectivity index (χ0n) is 13.2. The number of carbonyl (C=O) groups is 1. The molecule has 0 bridgehead atoms. The van der Waals surface area contributed by atoms with Gasteiger partial charge in [0.2, 0.25) is 0 Å². The molecule has 1 aromatic heterocycles. The highest BCUT2D eigenvalue weighted by molar-refractivity contribution is 5.94. The van der Waals surface area contributed by atoms with Gasteiger partial charge < -0.3 is 9.30 Å². The third kappa shape index (κ3) is 2.96. The van der Waals surface area contributed by atoms with Gasteiger partial charge in [-0.1, -0.05) is 12.1 Å². The first-order chi connectivity index (χ1) is 11.5. The standard InChI is InChI=1S/C17H15N3O4/c1-11(21)12-4-3-5-14(8-12)24-10-17-18-15-9-13(20(22)23)6-7-16(15)19(17)2/h3-9H,10H2,1-2H3. The summed E-state index contributed by atoms with van der Waals surface area (Å²) in [5.41, 5.74) is 1.91. The molecule has 24 heavy (non-hydrogen) atoms. The van der Waals surface area contributed by atoms with Crippen LogP contribution in [0.5, 0.6) is 5.75 Å². The van der Waals surface area contributed by atoms with Crippen molar-refractivity contribution in [3.05, 3.63) is 64.0 Å². The van der Waals surface area contributed by atoms with E-state index in [1.807, 2.05) is 11.6 Å². The topological polar surface area (TPSA) is 87.3 Å². The average Bonchev–Trinajstić information content (AvgIpc) is 2.88. The van der Waals surface area contributed by atoms with E-state index < -0.39 is 4.92 Å². The van der Waals surface area contributed by atoms with Gasteiger partial charge in [0.15, 0.2) is 5.78 Å². The van der Waals surface area contributed by atoms with Gasteiger partial charge in [0.05, 0.1) is 16.0 Å². The number of nitro benzene ring substituents is 1. The van der Waals surface area contributed by atoms with E-state index in [1.54, 1.807) is 30.3 Å². The van der Waals surface area contributed by atoms with Gasteiger partial charge in [0, 0.05) is 24.7 Å². The molecule has 3 rings (SSSR count). The molecule has 0 radical (unpaired) electrons. The Hall–Kier alpha value is -3.22. The van der Waals surface area contributed by atoms with Crippen LogP contribution in [-0.2, 0) is 13.7 Å². The number of hydrogen-bond acceptors (Lipinski definition) is 5. The fourth-order valence-electron chi connectivity index (χ4n) is 2.43. The lowest BCUT2D eigenvalue weighted by molar-refractivity contribution is -0.384. The van der Waals surface area contributed by atoms with Gasteiger partial charge >= 0.3 is 0 Å². The summed E-state index contributed by atoms with van der Waals surface area (Å²) in [6, 6.07) is 11.5. The van der Waals surface area contributed by atoms with Crippen LogP contribution < -0.4 is 4.74 Å². The number of aromatic nitrogens is 2. The molecule has 1 heterocycles. The summed E-state index contributed by atoms with van der Waals surface area (Å²) in [6.45, 7) is 1.69. The van der Waals surface area contributed by atoms with Crippen LogP contribution in [0.4, 0.5) is 5.69 Å². The molecule has 0 fully saturated rings. The molecule has 0 aliphatic rings. The number of fused-ring (bicyclic) bond motifs is 1. The zero-order chi connectivity index (χ0) is 17.3. The minimum absolute atomic E-state index is 0.00206. The Morgan fingerprint density at radius 1 is 1.29 bits per heavy atom. The first-order valence-electron chi connectivity index (χ1n) is 7.29. The number of nitro groups is 1. The first kappa shape index (κ1) is 15.7. The number of Topliss-reactive ketones (excluding diaryl/α,β-unsaturated/α-hetero) is 1. The molecule has 0 aliphatic heterocycles. The number of imidazole rings is 1. The summed E-state index contributed by atoms with van der Waals surface area (Å²) in [5.74, 6) is 1.18. The van der Waals surface area contributed by atoms with E-state index in [0.717, 1.165) is 5.52 Å². The number of carbonyl (C=O) groups excluding carboxylic acids is 1. The molecule has 0 amide bonds. The Balaban J connectivity index is 1.85. The second-order valence-corrected chi connectivity index (χ2v) is 5.39. The maximum Gasteiger partial charge on any atom is 0.271 e. The summed E-state index contributed by atoms with van der Waals surface area (Å²) >= 11 is 0. The maximum absolute atomic E-state index is 11.4. The molecule has 0 aliphatic carbocycles. The fraction of sp³-hybridized carbons (Fsp3) is 0.176. The Bertz CT molecular complexity index is 946. The number of ketones is 1. The van der Waals surface area contributed by atoms with Crippen LogP contribution >= 0.6 is 0 Å². The van der Waals surface area contributed by atoms with Gasteiger partial charge in [-0.15, -0.1) is 0 Å². The highest BCUT2D eigenvalue weighted by Crippen LogP contribution is 2.22. The normalized spacial score (nSPS) is 10.8. The number of rotatable bonds is 5. The summed E-state index contributed by atoms with van der Waals surface area (Å²) in [7, 11) is 1.83. The number of non-ortho nitro benzene ring substituents is 1. The third-order valence-corrected chi connectivity index (χ3v) is 3.78. The van der Waals surface area contributed by atoms with E-state index in [1.165, 1.54) is 19.1 Å². The van der Waals surface area contributed by atoms with E-state index in [9.17, 15) is 14.9 Å². The fourth-order valence-corrected chi connectivity index (χ4v) is 2.43. The quantitative estimate of drug-likeness (QED) is 0.408. The van der Waals surface area contributed by atoms with Crippen molar-refractivity contribution in [3.63, 3.8) is 0 Å². The van der Waals surface area contributed by atoms with Gasteiger partial charge in [-0.3, -0.25) is 14.9 Å². The van der Waals surface area contributed by atoms with Crippen LogP contribution in [0, 0.1) is 10.1 Å². The average molecular weight is 325 g/mol. The lowest BCUT2D eigenvalue weighted by Gasteiger charge is -2.07. The van der Waals surface area contributed by atoms with Gasteiger partial charge in [-0.05, 0) is 25.1 Å². The van der Waals surface area contributed by atoms with Crippen molar-refractivity contribution in [1.82, 2.24) is 9.55 Å². The lowest BCUT2D eigenvalue weighted by Crippen LogP contribution is -2.04. The van der Waals surface area contributed by atoms with Crippen molar-refractivity contribution in [3.8, 4) is 5.75 Å². The van der Waals surface area contributed by atoms with Crippen LogP contribution in [0.1, 0.15) is 23.1 Å². The van der Waals surface area contributed by atoms with Gasteiger partial charge in [-0.25, -0.2) is 4.98 Å². The van der Waals surface area contributed by atoms with E-state index >= 15 is 0 Å². The van der Waals surface area contributed by atoms with Crippen molar-refractivity contribution < 1.29 is 14.5 Å². The highest BCUT2D eigenvalue weighted by Gasteiger charge is 2.13. The molecule has 7 heteroatoms. The van der Waals surface area contributed by atoms with Crippen LogP contribution in [0.15, 0.2) is 42.5 Å². The number of ether oxygens (including phenoxy) is 1. The van der Waals surface area contributed by atoms with Crippen LogP contribution in [0.25, 0.3) is 11.0 Å². The molecular formula is C17H15N3O4. The van der Waals surface area contributed by atoms with E-state index in [2.05, 4.69) is 4.98 Å². The van der Waals surface area contributed by atoms with Crippen molar-refractivity contribution in [2.45, 2.75) is 13.5 Å². The van der Waals surface area contributed by atoms with Crippen LogP contribution in [-0.4, -0.2) is 20.3 Å². The summed E-state index contributed by atoms with van der Waals surface area (Å²) in [4.78, 5) is 26.2. The van der Waals surface area contributed by atoms with Crippen molar-refractivity contribution in [1.29, 1.82) is 0 Å². The molecular weight excluding hydrogens is 310 g/mol. The van der Waals surface area contributed by atoms with Crippen molar-refractivity contribution in [2.75, 3.05) is 0 Å². The van der Waals surface area contributed by atoms with Crippen molar-refractivity contribution >= 4 is 22.5 Å². The molecule has 0 atom stereocenters. The predicted octanol–water partition coefficient (Wildman–Crippen LogP) is 3.26. The predicted molar refractivity (Wildman–Crippen MR) is 88.1 cm³/mol. The molecule has 3 aromatic rings. The molecule has 0 unspecified atom stereocenters. The molecule has 0 spiro atoms. The minimum atomic E-state index is -0.447. The van der Waals surface area contributed by atoms with E-state index in [4.69, 9.17) is 4.74 Å². The monoisotopic (exact) mass is 325 g/mol. The smallest absolute Gasteiger partial charge is 0.271 e. The molecule has 2 aromatic carbocycles. The van der Waals surface area contributed by atoms with Gasteiger partial charge in [-0.2, -0.15) is 0 Å². The Morgan fingerprint density at radius 2 is 2.08 bits per heavy atom. The largest absolute Gasteiger partial charge is 0.486 e. The van der Waals surface area contributed by atoms with E-state index in [-0.39, 0.29) is 18.1 Å². The number of benzene rings is 2. The second-order valence-electron chi connectivity index (χ2n) is 5.39. The Labute approximate surface area is 137 Å². The number of nitrogens with zero attached hydrogens (tertiary/aromatic N) is 3. The second kappa shape index (κ2) is 6.11. The highest BCUT2D eigenvalue weighted by atomic mass is 16.6. The molecule has 122 valence electrons. The third-order valence-electron chi connectivity index (χ3n) is 3.78. The van der Waals surface area contributed by atoms with Crippen LogP contribution in [0.3, 0.4) is 0 Å². The number of aryl methyl sites for hydroxylation is 1. The molecule has 0 N–H and O–H groups in total. The lowest BCUT2D eigenvalue weighted by atomic mass is 10.1. The minimum Gasteiger partial charge on any atom is -0.486 e. The first-order valence-corrected chi connectivity index (χ1v) is 7.29. The zero-order valence-corrected chi connectivity index (χ0v) is 13.2. The molecule has 0 saturated carbocycles. The molecule has 7 nitrogen and oxygen atoms in total. The Morgan fingerprint density at radius 3 is 2.79 bits per heavy atom. The Kier molecular flexibility index (Phi) is 3.99. The van der Waals surface area contributed by atoms with Gasteiger partial charge in [0.25, 0.3) is 5.69 Å². The van der Waals surface area contributed by atoms with Crippen molar-refractivity contribution in [2.24, 2.45) is 7.05 Å². The summed E-state index contributed by atoms with van der Waals surface area (Å²) in [6.07, 6.45) is 0.